The van der Waals surface area contributed by atoms with Crippen molar-refractivity contribution in [1.29, 1.82) is 0 Å². The molecule has 1 saturated carbocycles. The van der Waals surface area contributed by atoms with Crippen LogP contribution < -0.4 is 10.2 Å². The predicted molar refractivity (Wildman–Crippen MR) is 114 cm³/mol. The maximum atomic E-state index is 12.8. The molecule has 0 aromatic carbocycles. The second-order valence-electron chi connectivity index (χ2n) is 8.79. The van der Waals surface area contributed by atoms with Gasteiger partial charge in [-0.05, 0) is 52.4 Å². The molecule has 1 saturated heterocycles. The van der Waals surface area contributed by atoms with Gasteiger partial charge in [-0.1, -0.05) is 0 Å². The number of aryl methyl sites for hydroxylation is 1. The zero-order valence-electron chi connectivity index (χ0n) is 17.7. The SMILES string of the molecule is CCS(=O)(=O)N1CCC(Nc2ncc3c(n2)N(C2CCCC2(C)O)C(=O)CC3)CC1. The number of sulfonamides is 1. The average molecular weight is 438 g/mol. The summed E-state index contributed by atoms with van der Waals surface area (Å²) in [6, 6.07) is -0.192. The van der Waals surface area contributed by atoms with Crippen molar-refractivity contribution in [2.24, 2.45) is 0 Å². The molecule has 166 valence electrons. The van der Waals surface area contributed by atoms with Crippen LogP contribution in [0.15, 0.2) is 6.20 Å². The van der Waals surface area contributed by atoms with Crippen molar-refractivity contribution < 1.29 is 18.3 Å². The van der Waals surface area contributed by atoms with Crippen molar-refractivity contribution in [2.45, 2.75) is 76.5 Å². The summed E-state index contributed by atoms with van der Waals surface area (Å²) < 4.78 is 25.6. The summed E-state index contributed by atoms with van der Waals surface area (Å²) in [6.07, 6.45) is 6.45. The average Bonchev–Trinajstić information content (AvgIpc) is 3.07. The molecule has 2 fully saturated rings. The summed E-state index contributed by atoms with van der Waals surface area (Å²) in [5.74, 6) is 1.16. The molecular weight excluding hydrogens is 406 g/mol. The Morgan fingerprint density at radius 2 is 2.00 bits per heavy atom. The van der Waals surface area contributed by atoms with Crippen molar-refractivity contribution in [3.05, 3.63) is 11.8 Å². The lowest BCUT2D eigenvalue weighted by Crippen LogP contribution is -2.52. The lowest BCUT2D eigenvalue weighted by molar-refractivity contribution is -0.120. The quantitative estimate of drug-likeness (QED) is 0.713. The van der Waals surface area contributed by atoms with Gasteiger partial charge in [-0.2, -0.15) is 4.98 Å². The van der Waals surface area contributed by atoms with Crippen molar-refractivity contribution >= 4 is 27.7 Å². The molecule has 0 bridgehead atoms. The first-order chi connectivity index (χ1) is 14.2. The predicted octanol–water partition coefficient (Wildman–Crippen LogP) is 1.29. The fraction of sp³-hybridized carbons (Fsp3) is 0.750. The number of aromatic nitrogens is 2. The molecule has 0 spiro atoms. The van der Waals surface area contributed by atoms with Crippen molar-refractivity contribution in [3.8, 4) is 0 Å². The third-order valence-electron chi connectivity index (χ3n) is 6.68. The highest BCUT2D eigenvalue weighted by atomic mass is 32.2. The Bertz CT molecular complexity index is 912. The molecule has 1 aromatic heterocycles. The van der Waals surface area contributed by atoms with Crippen LogP contribution in [0.3, 0.4) is 0 Å². The molecule has 9 nitrogen and oxygen atoms in total. The lowest BCUT2D eigenvalue weighted by Gasteiger charge is -2.39. The number of hydrogen-bond acceptors (Lipinski definition) is 7. The summed E-state index contributed by atoms with van der Waals surface area (Å²) in [4.78, 5) is 23.6. The molecular formula is C20H31N5O4S. The maximum absolute atomic E-state index is 12.8. The van der Waals surface area contributed by atoms with E-state index >= 15 is 0 Å². The fourth-order valence-corrected chi connectivity index (χ4v) is 5.97. The minimum absolute atomic E-state index is 0.00240. The normalized spacial score (nSPS) is 28.6. The Morgan fingerprint density at radius 1 is 1.27 bits per heavy atom. The molecule has 30 heavy (non-hydrogen) atoms. The van der Waals surface area contributed by atoms with Gasteiger partial charge in [0.1, 0.15) is 5.82 Å². The van der Waals surface area contributed by atoms with Gasteiger partial charge in [-0.25, -0.2) is 17.7 Å². The van der Waals surface area contributed by atoms with Gasteiger partial charge in [0.05, 0.1) is 17.4 Å². The molecule has 10 heteroatoms. The number of piperidine rings is 1. The van der Waals surface area contributed by atoms with Crippen LogP contribution in [0.25, 0.3) is 0 Å². The molecule has 0 radical (unpaired) electrons. The van der Waals surface area contributed by atoms with Crippen LogP contribution in [0.1, 0.15) is 57.9 Å². The van der Waals surface area contributed by atoms with Crippen LogP contribution in [-0.4, -0.2) is 70.2 Å². The summed E-state index contributed by atoms with van der Waals surface area (Å²) in [6.45, 7) is 4.42. The largest absolute Gasteiger partial charge is 0.388 e. The lowest BCUT2D eigenvalue weighted by atomic mass is 9.95. The Balaban J connectivity index is 1.50. The van der Waals surface area contributed by atoms with E-state index in [0.717, 1.165) is 18.4 Å². The Kier molecular flexibility index (Phi) is 5.75. The highest BCUT2D eigenvalue weighted by Crippen LogP contribution is 2.39. The van der Waals surface area contributed by atoms with Gasteiger partial charge >= 0.3 is 0 Å². The standard InChI is InChI=1S/C20H31N5O4S/c1-3-30(28,29)24-11-8-15(9-12-24)22-19-21-13-14-6-7-17(26)25(18(14)23-19)16-5-4-10-20(16,2)27/h13,15-16,27H,3-12H2,1-2H3,(H,21,22,23). The molecule has 2 atom stereocenters. The van der Waals surface area contributed by atoms with E-state index in [1.54, 1.807) is 29.2 Å². The minimum Gasteiger partial charge on any atom is -0.388 e. The van der Waals surface area contributed by atoms with E-state index in [4.69, 9.17) is 0 Å². The topological polar surface area (TPSA) is 116 Å². The van der Waals surface area contributed by atoms with Crippen LogP contribution in [0.2, 0.25) is 0 Å². The Hall–Kier alpha value is -1.78. The third-order valence-corrected chi connectivity index (χ3v) is 8.56. The second kappa shape index (κ2) is 8.05. The van der Waals surface area contributed by atoms with Gasteiger partial charge in [0.2, 0.25) is 21.9 Å². The van der Waals surface area contributed by atoms with Gasteiger partial charge in [0.15, 0.2) is 0 Å². The molecule has 1 amide bonds. The van der Waals surface area contributed by atoms with E-state index in [2.05, 4.69) is 15.3 Å². The van der Waals surface area contributed by atoms with Crippen LogP contribution >= 0.6 is 0 Å². The molecule has 4 rings (SSSR count). The van der Waals surface area contributed by atoms with Crippen LogP contribution in [0.4, 0.5) is 11.8 Å². The number of nitrogens with zero attached hydrogens (tertiary/aromatic N) is 4. The number of anilines is 2. The van der Waals surface area contributed by atoms with Crippen molar-refractivity contribution in [2.75, 3.05) is 29.1 Å². The van der Waals surface area contributed by atoms with E-state index < -0.39 is 15.6 Å². The second-order valence-corrected chi connectivity index (χ2v) is 11.0. The highest BCUT2D eigenvalue weighted by molar-refractivity contribution is 7.89. The fourth-order valence-electron chi connectivity index (χ4n) is 4.84. The molecule has 3 heterocycles. The van der Waals surface area contributed by atoms with Crippen molar-refractivity contribution in [3.63, 3.8) is 0 Å². The van der Waals surface area contributed by atoms with Gasteiger partial charge in [-0.15, -0.1) is 0 Å². The number of rotatable bonds is 5. The molecule has 1 aliphatic carbocycles. The summed E-state index contributed by atoms with van der Waals surface area (Å²) >= 11 is 0. The number of hydrogen-bond donors (Lipinski definition) is 2. The van der Waals surface area contributed by atoms with Gasteiger partial charge in [0, 0.05) is 37.3 Å². The first-order valence-electron chi connectivity index (χ1n) is 10.9. The molecule has 2 N–H and O–H groups in total. The number of fused-ring (bicyclic) bond motifs is 1. The zero-order valence-corrected chi connectivity index (χ0v) is 18.5. The van der Waals surface area contributed by atoms with E-state index in [1.807, 2.05) is 0 Å². The third kappa shape index (κ3) is 4.04. The van der Waals surface area contributed by atoms with Crippen LogP contribution in [0, 0.1) is 0 Å². The van der Waals surface area contributed by atoms with Crippen molar-refractivity contribution in [1.82, 2.24) is 14.3 Å². The number of carbonyl (C=O) groups is 1. The first kappa shape index (κ1) is 21.5. The first-order valence-corrected chi connectivity index (χ1v) is 12.5. The summed E-state index contributed by atoms with van der Waals surface area (Å²) in [5, 5.41) is 14.1. The summed E-state index contributed by atoms with van der Waals surface area (Å²) in [7, 11) is -3.16. The number of nitrogens with one attached hydrogen (secondary N) is 1. The monoisotopic (exact) mass is 437 g/mol. The minimum atomic E-state index is -3.16. The van der Waals surface area contributed by atoms with Gasteiger partial charge < -0.3 is 10.4 Å². The molecule has 1 aromatic rings. The number of aliphatic hydroxyl groups is 1. The van der Waals surface area contributed by atoms with E-state index in [-0.39, 0.29) is 23.7 Å². The van der Waals surface area contributed by atoms with E-state index in [0.29, 0.717) is 57.0 Å². The van der Waals surface area contributed by atoms with Gasteiger partial charge in [-0.3, -0.25) is 9.69 Å². The molecule has 2 aliphatic heterocycles. The van der Waals surface area contributed by atoms with E-state index in [9.17, 15) is 18.3 Å². The zero-order chi connectivity index (χ0) is 21.5. The smallest absolute Gasteiger partial charge is 0.228 e. The Labute approximate surface area is 177 Å². The number of carbonyl (C=O) groups excluding carboxylic acids is 1. The Morgan fingerprint density at radius 3 is 2.63 bits per heavy atom. The maximum Gasteiger partial charge on any atom is 0.228 e. The summed E-state index contributed by atoms with van der Waals surface area (Å²) in [5.41, 5.74) is 0.00662. The van der Waals surface area contributed by atoms with Crippen LogP contribution in [0.5, 0.6) is 0 Å². The van der Waals surface area contributed by atoms with E-state index in [1.165, 1.54) is 0 Å². The van der Waals surface area contributed by atoms with Crippen LogP contribution in [-0.2, 0) is 21.2 Å². The molecule has 2 unspecified atom stereocenters. The number of amides is 1. The highest BCUT2D eigenvalue weighted by Gasteiger charge is 2.45. The van der Waals surface area contributed by atoms with Gasteiger partial charge in [0.25, 0.3) is 0 Å². The molecule has 3 aliphatic rings.